The maximum atomic E-state index is 5.69. The average molecular weight is 194 g/mol. The zero-order chi connectivity index (χ0) is 10.6. The molecule has 2 N–H and O–H groups in total. The van der Waals surface area contributed by atoms with E-state index < -0.39 is 0 Å². The lowest BCUT2D eigenvalue weighted by Gasteiger charge is -2.20. The normalized spacial score (nSPS) is 12.9. The summed E-state index contributed by atoms with van der Waals surface area (Å²) in [5.41, 5.74) is 6.60. The summed E-state index contributed by atoms with van der Waals surface area (Å²) in [6.07, 6.45) is 1.81. The first-order chi connectivity index (χ1) is 6.63. The summed E-state index contributed by atoms with van der Waals surface area (Å²) in [6.45, 7) is 6.68. The van der Waals surface area contributed by atoms with Crippen LogP contribution in [-0.2, 0) is 0 Å². The van der Waals surface area contributed by atoms with Gasteiger partial charge in [0, 0.05) is 12.2 Å². The van der Waals surface area contributed by atoms with Gasteiger partial charge < -0.3 is 10.5 Å². The molecule has 1 aromatic rings. The van der Waals surface area contributed by atoms with Gasteiger partial charge in [0.2, 0.25) is 0 Å². The van der Waals surface area contributed by atoms with Crippen LogP contribution in [0.1, 0.15) is 19.5 Å². The van der Waals surface area contributed by atoms with E-state index in [1.54, 1.807) is 6.20 Å². The molecule has 1 unspecified atom stereocenters. The number of hydrogen-bond acceptors (Lipinski definition) is 3. The Hall–Kier alpha value is -1.09. The molecular formula is C11H18N2O. The Kier molecular flexibility index (Phi) is 3.89. The highest BCUT2D eigenvalue weighted by atomic mass is 16.5. The molecule has 0 aliphatic carbocycles. The van der Waals surface area contributed by atoms with E-state index in [2.05, 4.69) is 18.8 Å². The van der Waals surface area contributed by atoms with Gasteiger partial charge in [-0.3, -0.25) is 4.98 Å². The molecule has 1 aromatic heterocycles. The lowest BCUT2D eigenvalue weighted by atomic mass is 10.1. The van der Waals surface area contributed by atoms with Gasteiger partial charge in [-0.05, 0) is 25.0 Å². The highest BCUT2D eigenvalue weighted by Crippen LogP contribution is 2.14. The van der Waals surface area contributed by atoms with E-state index in [0.717, 1.165) is 11.4 Å². The summed E-state index contributed by atoms with van der Waals surface area (Å²) in [7, 11) is 0. The molecule has 0 aliphatic heterocycles. The number of aromatic nitrogens is 1. The SMILES string of the molecule is Cc1ccc(OC(CN)C(C)C)cn1. The second kappa shape index (κ2) is 4.96. The number of aryl methyl sites for hydroxylation is 1. The van der Waals surface area contributed by atoms with Crippen molar-refractivity contribution in [1.82, 2.24) is 4.98 Å². The number of nitrogens with two attached hydrogens (primary N) is 1. The standard InChI is InChI=1S/C11H18N2O/c1-8(2)11(6-12)14-10-5-4-9(3)13-7-10/h4-5,7-8,11H,6,12H2,1-3H3. The van der Waals surface area contributed by atoms with Crippen molar-refractivity contribution in [1.29, 1.82) is 0 Å². The molecule has 3 heteroatoms. The molecule has 3 nitrogen and oxygen atoms in total. The fourth-order valence-electron chi connectivity index (χ4n) is 1.16. The van der Waals surface area contributed by atoms with E-state index in [4.69, 9.17) is 10.5 Å². The molecule has 1 heterocycles. The zero-order valence-electron chi connectivity index (χ0n) is 9.03. The topological polar surface area (TPSA) is 48.1 Å². The van der Waals surface area contributed by atoms with Crippen molar-refractivity contribution in [3.8, 4) is 5.75 Å². The summed E-state index contributed by atoms with van der Waals surface area (Å²) in [6, 6.07) is 3.86. The van der Waals surface area contributed by atoms with Crippen molar-refractivity contribution in [3.05, 3.63) is 24.0 Å². The van der Waals surface area contributed by atoms with Gasteiger partial charge >= 0.3 is 0 Å². The lowest BCUT2D eigenvalue weighted by Crippen LogP contribution is -2.31. The number of ether oxygens (including phenoxy) is 1. The summed E-state index contributed by atoms with van der Waals surface area (Å²) in [5, 5.41) is 0. The van der Waals surface area contributed by atoms with Crippen molar-refractivity contribution < 1.29 is 4.74 Å². The maximum absolute atomic E-state index is 5.69. The minimum atomic E-state index is 0.0690. The molecule has 0 radical (unpaired) electrons. The van der Waals surface area contributed by atoms with Gasteiger partial charge in [-0.25, -0.2) is 0 Å². The first-order valence-electron chi connectivity index (χ1n) is 4.93. The highest BCUT2D eigenvalue weighted by molar-refractivity contribution is 5.19. The van der Waals surface area contributed by atoms with Crippen LogP contribution in [0.2, 0.25) is 0 Å². The van der Waals surface area contributed by atoms with E-state index in [1.165, 1.54) is 0 Å². The molecule has 0 spiro atoms. The summed E-state index contributed by atoms with van der Waals surface area (Å²) in [4.78, 5) is 4.16. The minimum Gasteiger partial charge on any atom is -0.487 e. The Morgan fingerprint density at radius 2 is 2.14 bits per heavy atom. The van der Waals surface area contributed by atoms with Crippen molar-refractivity contribution >= 4 is 0 Å². The fourth-order valence-corrected chi connectivity index (χ4v) is 1.16. The van der Waals surface area contributed by atoms with Gasteiger partial charge in [0.25, 0.3) is 0 Å². The molecule has 0 amide bonds. The molecule has 0 fully saturated rings. The van der Waals surface area contributed by atoms with Crippen LogP contribution in [0.4, 0.5) is 0 Å². The largest absolute Gasteiger partial charge is 0.487 e. The monoisotopic (exact) mass is 194 g/mol. The van der Waals surface area contributed by atoms with Gasteiger partial charge in [-0.1, -0.05) is 13.8 Å². The van der Waals surface area contributed by atoms with Gasteiger partial charge in [0.05, 0.1) is 6.20 Å². The third-order valence-electron chi connectivity index (χ3n) is 2.15. The minimum absolute atomic E-state index is 0.0690. The van der Waals surface area contributed by atoms with Crippen LogP contribution in [0.3, 0.4) is 0 Å². The van der Waals surface area contributed by atoms with Crippen LogP contribution in [-0.4, -0.2) is 17.6 Å². The Labute approximate surface area is 85.3 Å². The van der Waals surface area contributed by atoms with Crippen molar-refractivity contribution in [2.45, 2.75) is 26.9 Å². The molecule has 0 aliphatic rings. The molecule has 0 saturated carbocycles. The molecule has 14 heavy (non-hydrogen) atoms. The van der Waals surface area contributed by atoms with Crippen molar-refractivity contribution in [2.75, 3.05) is 6.54 Å². The number of pyridine rings is 1. The molecule has 1 atom stereocenters. The van der Waals surface area contributed by atoms with E-state index in [0.29, 0.717) is 12.5 Å². The third kappa shape index (κ3) is 3.00. The Bertz CT molecular complexity index is 269. The lowest BCUT2D eigenvalue weighted by molar-refractivity contribution is 0.158. The van der Waals surface area contributed by atoms with Crippen molar-refractivity contribution in [3.63, 3.8) is 0 Å². The molecule has 0 aromatic carbocycles. The van der Waals surface area contributed by atoms with Crippen LogP contribution >= 0.6 is 0 Å². The van der Waals surface area contributed by atoms with E-state index in [1.807, 2.05) is 19.1 Å². The molecule has 1 rings (SSSR count). The number of nitrogens with zero attached hydrogens (tertiary/aromatic N) is 1. The van der Waals surface area contributed by atoms with Crippen LogP contribution in [0.15, 0.2) is 18.3 Å². The fraction of sp³-hybridized carbons (Fsp3) is 0.545. The van der Waals surface area contributed by atoms with Crippen molar-refractivity contribution in [2.24, 2.45) is 11.7 Å². The second-order valence-electron chi connectivity index (χ2n) is 3.77. The Balaban J connectivity index is 2.63. The summed E-state index contributed by atoms with van der Waals surface area (Å²) < 4.78 is 5.69. The quantitative estimate of drug-likeness (QED) is 0.794. The first kappa shape index (κ1) is 11.0. The second-order valence-corrected chi connectivity index (χ2v) is 3.77. The van der Waals surface area contributed by atoms with E-state index >= 15 is 0 Å². The van der Waals surface area contributed by atoms with E-state index in [9.17, 15) is 0 Å². The smallest absolute Gasteiger partial charge is 0.138 e. The van der Waals surface area contributed by atoms with Gasteiger partial charge in [-0.15, -0.1) is 0 Å². The number of rotatable bonds is 4. The predicted molar refractivity (Wildman–Crippen MR) is 57.3 cm³/mol. The molecular weight excluding hydrogens is 176 g/mol. The number of hydrogen-bond donors (Lipinski definition) is 1. The summed E-state index contributed by atoms with van der Waals surface area (Å²) >= 11 is 0. The van der Waals surface area contributed by atoms with Gasteiger partial charge in [0.1, 0.15) is 11.9 Å². The Morgan fingerprint density at radius 3 is 2.57 bits per heavy atom. The van der Waals surface area contributed by atoms with E-state index in [-0.39, 0.29) is 6.10 Å². The highest BCUT2D eigenvalue weighted by Gasteiger charge is 2.12. The van der Waals surface area contributed by atoms with Crippen LogP contribution in [0, 0.1) is 12.8 Å². The molecule has 0 saturated heterocycles. The Morgan fingerprint density at radius 1 is 1.43 bits per heavy atom. The van der Waals surface area contributed by atoms with Gasteiger partial charge in [0.15, 0.2) is 0 Å². The molecule has 78 valence electrons. The summed E-state index contributed by atoms with van der Waals surface area (Å²) in [5.74, 6) is 1.21. The van der Waals surface area contributed by atoms with Crippen LogP contribution in [0.5, 0.6) is 5.75 Å². The van der Waals surface area contributed by atoms with Crippen LogP contribution < -0.4 is 10.5 Å². The third-order valence-corrected chi connectivity index (χ3v) is 2.15. The van der Waals surface area contributed by atoms with Gasteiger partial charge in [-0.2, -0.15) is 0 Å². The average Bonchev–Trinajstić information content (AvgIpc) is 2.16. The van der Waals surface area contributed by atoms with Crippen LogP contribution in [0.25, 0.3) is 0 Å². The zero-order valence-corrected chi connectivity index (χ0v) is 9.03. The molecule has 0 bridgehead atoms. The first-order valence-corrected chi connectivity index (χ1v) is 4.93. The maximum Gasteiger partial charge on any atom is 0.138 e. The predicted octanol–water partition coefficient (Wildman–Crippen LogP) is 1.75.